The van der Waals surface area contributed by atoms with E-state index in [0.717, 1.165) is 6.07 Å². The largest absolute Gasteiger partial charge is 0.504 e. The van der Waals surface area contributed by atoms with Gasteiger partial charge < -0.3 is 130 Å². The summed E-state index contributed by atoms with van der Waals surface area (Å²) >= 11 is 0. The highest BCUT2D eigenvalue weighted by Crippen LogP contribution is 2.57. The molecule has 2 aromatic heterocycles. The number of benzene rings is 7. The molecule has 1 saturated heterocycles. The van der Waals surface area contributed by atoms with Gasteiger partial charge in [0, 0.05) is 44.2 Å². The molecule has 0 bridgehead atoms. The fourth-order valence-corrected chi connectivity index (χ4v) is 10.2. The minimum absolute atomic E-state index is 0.299. The number of carboxylic acids is 1. The van der Waals surface area contributed by atoms with Gasteiger partial charge in [0.05, 0.1) is 38.6 Å². The molecule has 1 unspecified atom stereocenters. The van der Waals surface area contributed by atoms with Crippen molar-refractivity contribution in [2.24, 2.45) is 0 Å². The highest BCUT2D eigenvalue weighted by molar-refractivity contribution is 6.23. The Morgan fingerprint density at radius 1 is 0.432 bits per heavy atom. The van der Waals surface area contributed by atoms with Crippen LogP contribution in [0, 0.1) is 0 Å². The smallest absolute Gasteiger partial charge is 0.344 e. The Bertz CT molecular complexity index is 4740. The third kappa shape index (κ3) is 8.51. The third-order valence-electron chi connectivity index (χ3n) is 14.3. The zero-order valence-electron chi connectivity index (χ0n) is 42.9. The van der Waals surface area contributed by atoms with Crippen LogP contribution in [-0.4, -0.2) is 164 Å². The van der Waals surface area contributed by atoms with Gasteiger partial charge in [-0.15, -0.1) is 0 Å². The topological polar surface area (TPSA) is 576 Å². The predicted octanol–water partition coefficient (Wildman–Crippen LogP) is 3.05. The van der Waals surface area contributed by atoms with E-state index < -0.39 is 270 Å². The van der Waals surface area contributed by atoms with Crippen molar-refractivity contribution in [1.29, 1.82) is 0 Å². The number of carbonyl (C=O) groups excluding carboxylic acids is 4. The molecule has 33 heteroatoms. The van der Waals surface area contributed by atoms with Crippen LogP contribution < -0.4 is 11.3 Å². The third-order valence-corrected chi connectivity index (χ3v) is 14.3. The first kappa shape index (κ1) is 57.2. The van der Waals surface area contributed by atoms with Gasteiger partial charge in [-0.3, -0.25) is 0 Å². The number of rotatable bonds is 7. The van der Waals surface area contributed by atoms with E-state index in [0.29, 0.717) is 42.5 Å². The number of ether oxygens (including phenoxy) is 5. The van der Waals surface area contributed by atoms with Crippen LogP contribution in [0.15, 0.2) is 67.0 Å². The number of phenols is 17. The number of aromatic carboxylic acids is 1. The van der Waals surface area contributed by atoms with Crippen molar-refractivity contribution in [3.8, 4) is 131 Å². The Hall–Kier alpha value is -12.7. The molecule has 2 aliphatic rings. The zero-order valence-corrected chi connectivity index (χ0v) is 42.9. The quantitative estimate of drug-likeness (QED) is 0.0358. The number of aromatic hydroxyl groups is 17. The molecule has 0 amide bonds. The van der Waals surface area contributed by atoms with Crippen molar-refractivity contribution in [2.75, 3.05) is 6.61 Å². The Labute approximate surface area is 480 Å². The fraction of sp³-hybridized carbons (Fsp3) is 0.109. The SMILES string of the molecule is O=C(O[C@H]1[C@@H]2OC(=O)c3cc(O)c(O)c(O)c3-c3c(cc(-c4c(C(=O)O)cc(O)c(O)c4O)c(O)c3O)C(=O)OC[C@H]2OC(O)[C@@H]1OC(=O)c1cc(O)c(O)c(O)c1-c1cc2c(=O)oc3c(O)c(O)cc4c(=O)oc(c1O)c2c34)c1cc(O)c(O)c(O)c1. The number of carboxylic acid groups (broad SMARTS) is 1. The first-order valence-corrected chi connectivity index (χ1v) is 24.4. The molecule has 452 valence electrons. The van der Waals surface area contributed by atoms with Gasteiger partial charge in [0.15, 0.2) is 111 Å². The van der Waals surface area contributed by atoms with Gasteiger partial charge in [0.1, 0.15) is 12.7 Å². The van der Waals surface area contributed by atoms with Crippen molar-refractivity contribution >= 4 is 62.6 Å². The average molecular weight is 1220 g/mol. The van der Waals surface area contributed by atoms with Gasteiger partial charge in [-0.2, -0.15) is 0 Å². The van der Waals surface area contributed by atoms with Crippen LogP contribution >= 0.6 is 0 Å². The van der Waals surface area contributed by atoms with Crippen molar-refractivity contribution < 1.29 is 154 Å². The zero-order chi connectivity index (χ0) is 63.9. The molecule has 7 aromatic carbocycles. The van der Waals surface area contributed by atoms with Crippen LogP contribution in [0.3, 0.4) is 0 Å². The van der Waals surface area contributed by atoms with E-state index in [1.807, 2.05) is 0 Å². The molecule has 1 fully saturated rings. The van der Waals surface area contributed by atoms with Crippen molar-refractivity contribution in [2.45, 2.75) is 30.7 Å². The molecule has 0 aliphatic carbocycles. The van der Waals surface area contributed by atoms with Gasteiger partial charge in [-0.05, 0) is 48.5 Å². The maximum atomic E-state index is 14.8. The number of cyclic esters (lactones) is 1. The fourth-order valence-electron chi connectivity index (χ4n) is 10.2. The normalized spacial score (nSPS) is 17.5. The highest BCUT2D eigenvalue weighted by atomic mass is 16.7. The maximum absolute atomic E-state index is 14.8. The average Bonchev–Trinajstić information content (AvgIpc) is 0.783. The summed E-state index contributed by atoms with van der Waals surface area (Å²) in [6.07, 6.45) is -13.1. The molecule has 0 radical (unpaired) electrons. The van der Waals surface area contributed by atoms with Gasteiger partial charge in [-0.25, -0.2) is 33.6 Å². The van der Waals surface area contributed by atoms with Crippen molar-refractivity contribution in [3.05, 3.63) is 97.2 Å². The van der Waals surface area contributed by atoms with E-state index in [4.69, 9.17) is 32.5 Å². The van der Waals surface area contributed by atoms with E-state index in [9.17, 15) is 131 Å². The lowest BCUT2D eigenvalue weighted by Gasteiger charge is -2.42. The monoisotopic (exact) mass is 1220 g/mol. The molecule has 4 heterocycles. The second kappa shape index (κ2) is 20.0. The number of phenolic OH excluding ortho intramolecular Hbond substituents is 17. The molecule has 19 N–H and O–H groups in total. The van der Waals surface area contributed by atoms with E-state index in [-0.39, 0.29) is 0 Å². The first-order valence-electron chi connectivity index (χ1n) is 24.4. The minimum Gasteiger partial charge on any atom is -0.504 e. The molecule has 9 aromatic rings. The number of aliphatic hydroxyl groups excluding tert-OH is 1. The van der Waals surface area contributed by atoms with E-state index in [1.54, 1.807) is 0 Å². The summed E-state index contributed by atoms with van der Waals surface area (Å²) in [7, 11) is 0. The standard InChI is InChI=1S/C55H34O33/c56-19-1-10(2-20(57)34(19)64)49(75)87-46-43-25(9-82-50(76)14-3-11(26-13(48(73)74)5-21(58)35(65)39(26)69)32(62)41(71)28(14)29-17(53(79)84-43)7-23(60)37(67)42(29)72)83-55(81)47(46)88-52(78)16-6-22(59)36(66)40(70)27(16)12-4-15-30-31-18(54(80)85-44(30)33(12)63)8-24(61)38(68)45(31)86-51(15)77/h1-8,25,43,46-47,55-72,81H,9H2,(H,73,74)/t25-,43-,46+,47-,55?/m1/s1. The summed E-state index contributed by atoms with van der Waals surface area (Å²) in [5.74, 6) is -32.6. The maximum Gasteiger partial charge on any atom is 0.344 e. The Morgan fingerprint density at radius 3 is 1.47 bits per heavy atom. The lowest BCUT2D eigenvalue weighted by molar-refractivity contribution is -0.284. The van der Waals surface area contributed by atoms with Gasteiger partial charge in [0.25, 0.3) is 0 Å². The number of aliphatic hydroxyl groups is 1. The van der Waals surface area contributed by atoms with E-state index >= 15 is 0 Å². The summed E-state index contributed by atoms with van der Waals surface area (Å²) in [6.45, 7) is -1.41. The van der Waals surface area contributed by atoms with Crippen LogP contribution in [0.25, 0.3) is 66.1 Å². The molecule has 33 nitrogen and oxygen atoms in total. The molecule has 2 aliphatic heterocycles. The lowest BCUT2D eigenvalue weighted by Crippen LogP contribution is -2.62. The van der Waals surface area contributed by atoms with Gasteiger partial charge >= 0.3 is 41.1 Å². The molecule has 88 heavy (non-hydrogen) atoms. The first-order chi connectivity index (χ1) is 41.4. The van der Waals surface area contributed by atoms with Crippen molar-refractivity contribution in [1.82, 2.24) is 0 Å². The Balaban J connectivity index is 1.07. The van der Waals surface area contributed by atoms with Crippen molar-refractivity contribution in [3.63, 3.8) is 0 Å². The molecule has 11 rings (SSSR count). The minimum atomic E-state index is -2.81. The molecule has 0 saturated carbocycles. The molecule has 0 spiro atoms. The molecule has 5 atom stereocenters. The van der Waals surface area contributed by atoms with Gasteiger partial charge in [0.2, 0.25) is 23.0 Å². The van der Waals surface area contributed by atoms with E-state index in [2.05, 4.69) is 0 Å². The summed E-state index contributed by atoms with van der Waals surface area (Å²) < 4.78 is 38.5. The molecular weight excluding hydrogens is 1190 g/mol. The van der Waals surface area contributed by atoms with Crippen LogP contribution in [0.5, 0.6) is 97.7 Å². The Morgan fingerprint density at radius 2 is 0.886 bits per heavy atom. The number of hydrogen-bond donors (Lipinski definition) is 19. The summed E-state index contributed by atoms with van der Waals surface area (Å²) in [5, 5.41) is 204. The van der Waals surface area contributed by atoms with Crippen LogP contribution in [0.1, 0.15) is 51.8 Å². The highest BCUT2D eigenvalue weighted by Gasteiger charge is 2.54. The second-order valence-corrected chi connectivity index (χ2v) is 19.3. The number of hydrogen-bond acceptors (Lipinski definition) is 32. The van der Waals surface area contributed by atoms with Crippen LogP contribution in [0.2, 0.25) is 0 Å². The second-order valence-electron chi connectivity index (χ2n) is 19.3. The number of esters is 4. The predicted molar refractivity (Wildman–Crippen MR) is 280 cm³/mol. The molecular formula is C55H34O33. The summed E-state index contributed by atoms with van der Waals surface area (Å²) in [6, 6.07) is 3.78. The summed E-state index contributed by atoms with van der Waals surface area (Å²) in [4.78, 5) is 97.7. The number of carbonyl (C=O) groups is 5. The van der Waals surface area contributed by atoms with Crippen LogP contribution in [0.4, 0.5) is 0 Å². The van der Waals surface area contributed by atoms with Gasteiger partial charge in [-0.1, -0.05) is 0 Å². The Kier molecular flexibility index (Phi) is 13.0. The summed E-state index contributed by atoms with van der Waals surface area (Å²) in [5.41, 5.74) is -17.0. The lowest BCUT2D eigenvalue weighted by atomic mass is 9.87. The van der Waals surface area contributed by atoms with Crippen LogP contribution in [-0.2, 0) is 23.7 Å². The number of fused-ring (bicyclic) bond motifs is 4. The van der Waals surface area contributed by atoms with E-state index in [1.165, 1.54) is 0 Å².